The van der Waals surface area contributed by atoms with Crippen LogP contribution in [0, 0.1) is 0 Å². The van der Waals surface area contributed by atoms with E-state index in [-0.39, 0.29) is 12.0 Å². The first kappa shape index (κ1) is 20.0. The molecule has 0 aromatic rings. The molecule has 1 saturated carbocycles. The highest BCUT2D eigenvalue weighted by Crippen LogP contribution is 2.23. The molecule has 2 fully saturated rings. The zero-order valence-electron chi connectivity index (χ0n) is 15.8. The summed E-state index contributed by atoms with van der Waals surface area (Å²) < 4.78 is 4.90. The number of carbonyl (C=O) groups is 2. The first-order chi connectivity index (χ1) is 12.2. The maximum Gasteiger partial charge on any atom is 0.317 e. The lowest BCUT2D eigenvalue weighted by molar-refractivity contribution is -0.143. The number of nitrogens with zero attached hydrogens (tertiary/aromatic N) is 2. The van der Waals surface area contributed by atoms with Crippen LogP contribution >= 0.6 is 0 Å². The van der Waals surface area contributed by atoms with E-state index in [4.69, 9.17) is 4.74 Å². The fraction of sp³-hybridized carbons (Fsp3) is 0.895. The van der Waals surface area contributed by atoms with E-state index < -0.39 is 0 Å². The minimum Gasteiger partial charge on any atom is -0.466 e. The fourth-order valence-electron chi connectivity index (χ4n) is 3.85. The lowest BCUT2D eigenvalue weighted by atomic mass is 9.94. The molecule has 0 aromatic heterocycles. The van der Waals surface area contributed by atoms with Gasteiger partial charge < -0.3 is 15.0 Å². The Hall–Kier alpha value is -1.30. The van der Waals surface area contributed by atoms with Gasteiger partial charge in [0.25, 0.3) is 0 Å². The molecule has 2 aliphatic rings. The van der Waals surface area contributed by atoms with Crippen molar-refractivity contribution in [3.05, 3.63) is 0 Å². The lowest BCUT2D eigenvalue weighted by Crippen LogP contribution is -2.54. The number of piperazine rings is 1. The molecule has 6 heteroatoms. The largest absolute Gasteiger partial charge is 0.466 e. The Labute approximate surface area is 152 Å². The van der Waals surface area contributed by atoms with Crippen molar-refractivity contribution >= 4 is 12.0 Å². The van der Waals surface area contributed by atoms with E-state index in [2.05, 4.69) is 10.2 Å². The van der Waals surface area contributed by atoms with Crippen LogP contribution in [0.25, 0.3) is 0 Å². The fourth-order valence-corrected chi connectivity index (χ4v) is 3.85. The van der Waals surface area contributed by atoms with Gasteiger partial charge in [-0.3, -0.25) is 9.69 Å². The summed E-state index contributed by atoms with van der Waals surface area (Å²) in [5.74, 6) is -0.123. The third-order valence-corrected chi connectivity index (χ3v) is 5.33. The second kappa shape index (κ2) is 11.3. The molecule has 2 rings (SSSR count). The topological polar surface area (TPSA) is 61.9 Å². The molecule has 6 nitrogen and oxygen atoms in total. The van der Waals surface area contributed by atoms with Crippen LogP contribution in [0.1, 0.15) is 64.7 Å². The van der Waals surface area contributed by atoms with Gasteiger partial charge in [0.15, 0.2) is 0 Å². The van der Waals surface area contributed by atoms with E-state index in [0.717, 1.165) is 51.5 Å². The van der Waals surface area contributed by atoms with E-state index in [1.165, 1.54) is 32.1 Å². The Bertz CT molecular complexity index is 403. The minimum atomic E-state index is -0.123. The van der Waals surface area contributed by atoms with Gasteiger partial charge in [-0.2, -0.15) is 0 Å². The van der Waals surface area contributed by atoms with E-state index in [0.29, 0.717) is 19.6 Å². The summed E-state index contributed by atoms with van der Waals surface area (Å²) in [7, 11) is 0. The molecule has 0 spiro atoms. The quantitative estimate of drug-likeness (QED) is 0.538. The summed E-state index contributed by atoms with van der Waals surface area (Å²) >= 11 is 0. The molecule has 1 N–H and O–H groups in total. The molecule has 0 radical (unpaired) electrons. The summed E-state index contributed by atoms with van der Waals surface area (Å²) in [6, 6.07) is 0.812. The Balaban J connectivity index is 1.51. The summed E-state index contributed by atoms with van der Waals surface area (Å²) in [4.78, 5) is 28.0. The van der Waals surface area contributed by atoms with E-state index in [9.17, 15) is 9.59 Å². The van der Waals surface area contributed by atoms with Gasteiger partial charge in [0.05, 0.1) is 6.61 Å². The van der Waals surface area contributed by atoms with Crippen molar-refractivity contribution in [1.29, 1.82) is 0 Å². The van der Waals surface area contributed by atoms with Crippen LogP contribution in [0.5, 0.6) is 0 Å². The summed E-state index contributed by atoms with van der Waals surface area (Å²) in [6.07, 6.45) is 9.93. The Kier molecular flexibility index (Phi) is 9.08. The molecule has 144 valence electrons. The standard InChI is InChI=1S/C19H35N3O3/c1-2-25-18(23)11-7-4-8-12-20-19(24)22-15-13-21(14-16-22)17-9-5-3-6-10-17/h17H,2-16H2,1H3,(H,20,24). The number of amides is 2. The van der Waals surface area contributed by atoms with Crippen molar-refractivity contribution in [3.63, 3.8) is 0 Å². The number of esters is 1. The normalized spacial score (nSPS) is 19.6. The number of carbonyl (C=O) groups excluding carboxylic acids is 2. The smallest absolute Gasteiger partial charge is 0.317 e. The van der Waals surface area contributed by atoms with E-state index in [1.807, 2.05) is 11.8 Å². The summed E-state index contributed by atoms with van der Waals surface area (Å²) in [6.45, 7) is 6.65. The molecule has 1 saturated heterocycles. The number of ether oxygens (including phenoxy) is 1. The zero-order chi connectivity index (χ0) is 17.9. The molecule has 0 atom stereocenters. The van der Waals surface area contributed by atoms with Gasteiger partial charge in [-0.15, -0.1) is 0 Å². The van der Waals surface area contributed by atoms with Crippen LogP contribution in [0.3, 0.4) is 0 Å². The number of unbranched alkanes of at least 4 members (excludes halogenated alkanes) is 2. The van der Waals surface area contributed by atoms with Gasteiger partial charge in [0.1, 0.15) is 0 Å². The second-order valence-corrected chi connectivity index (χ2v) is 7.16. The van der Waals surface area contributed by atoms with E-state index >= 15 is 0 Å². The van der Waals surface area contributed by atoms with Crippen LogP contribution in [0.15, 0.2) is 0 Å². The number of nitrogens with one attached hydrogen (secondary N) is 1. The van der Waals surface area contributed by atoms with Gasteiger partial charge >= 0.3 is 12.0 Å². The maximum atomic E-state index is 12.2. The summed E-state index contributed by atoms with van der Waals surface area (Å²) in [5, 5.41) is 3.01. The number of rotatable bonds is 8. The Morgan fingerprint density at radius 1 is 1.00 bits per heavy atom. The molecule has 1 aliphatic heterocycles. The summed E-state index contributed by atoms with van der Waals surface area (Å²) in [5.41, 5.74) is 0. The predicted molar refractivity (Wildman–Crippen MR) is 98.5 cm³/mol. The van der Waals surface area contributed by atoms with Crippen molar-refractivity contribution in [2.45, 2.75) is 70.8 Å². The molecule has 2 amide bonds. The predicted octanol–water partition coefficient (Wildman–Crippen LogP) is 2.77. The zero-order valence-corrected chi connectivity index (χ0v) is 15.8. The molecular weight excluding hydrogens is 318 g/mol. The van der Waals surface area contributed by atoms with Crippen LogP contribution in [0.4, 0.5) is 4.79 Å². The van der Waals surface area contributed by atoms with Crippen LogP contribution in [-0.2, 0) is 9.53 Å². The van der Waals surface area contributed by atoms with Crippen molar-refractivity contribution in [3.8, 4) is 0 Å². The third kappa shape index (κ3) is 7.22. The second-order valence-electron chi connectivity index (χ2n) is 7.16. The highest BCUT2D eigenvalue weighted by molar-refractivity contribution is 5.74. The minimum absolute atomic E-state index is 0.0636. The van der Waals surface area contributed by atoms with Crippen LogP contribution < -0.4 is 5.32 Å². The number of hydrogen-bond acceptors (Lipinski definition) is 4. The Morgan fingerprint density at radius 3 is 2.40 bits per heavy atom. The first-order valence-electron chi connectivity index (χ1n) is 10.1. The van der Waals surface area contributed by atoms with Gasteiger partial charge in [-0.1, -0.05) is 25.7 Å². The third-order valence-electron chi connectivity index (χ3n) is 5.33. The van der Waals surface area contributed by atoms with E-state index in [1.54, 1.807) is 0 Å². The molecule has 1 aliphatic carbocycles. The van der Waals surface area contributed by atoms with Crippen molar-refractivity contribution in [2.75, 3.05) is 39.3 Å². The molecular formula is C19H35N3O3. The van der Waals surface area contributed by atoms with Gasteiger partial charge in [-0.25, -0.2) is 4.79 Å². The van der Waals surface area contributed by atoms with Gasteiger partial charge in [-0.05, 0) is 32.6 Å². The van der Waals surface area contributed by atoms with Crippen molar-refractivity contribution < 1.29 is 14.3 Å². The SMILES string of the molecule is CCOC(=O)CCCCCNC(=O)N1CCN(C2CCCCC2)CC1. The average molecular weight is 354 g/mol. The van der Waals surface area contributed by atoms with Gasteiger partial charge in [0.2, 0.25) is 0 Å². The molecule has 1 heterocycles. The van der Waals surface area contributed by atoms with Gasteiger partial charge in [0, 0.05) is 45.2 Å². The number of urea groups is 1. The molecule has 0 aromatic carbocycles. The van der Waals surface area contributed by atoms with Crippen LogP contribution in [-0.4, -0.2) is 67.2 Å². The molecule has 0 unspecified atom stereocenters. The first-order valence-corrected chi connectivity index (χ1v) is 10.1. The molecule has 25 heavy (non-hydrogen) atoms. The monoisotopic (exact) mass is 353 g/mol. The average Bonchev–Trinajstić information content (AvgIpc) is 2.65. The van der Waals surface area contributed by atoms with Crippen LogP contribution in [0.2, 0.25) is 0 Å². The highest BCUT2D eigenvalue weighted by atomic mass is 16.5. The lowest BCUT2D eigenvalue weighted by Gasteiger charge is -2.40. The van der Waals surface area contributed by atoms with Crippen molar-refractivity contribution in [2.24, 2.45) is 0 Å². The number of hydrogen-bond donors (Lipinski definition) is 1. The maximum absolute atomic E-state index is 12.2. The molecule has 0 bridgehead atoms. The van der Waals surface area contributed by atoms with Crippen molar-refractivity contribution in [1.82, 2.24) is 15.1 Å². The Morgan fingerprint density at radius 2 is 1.72 bits per heavy atom. The highest BCUT2D eigenvalue weighted by Gasteiger charge is 2.26.